The molecule has 0 aliphatic heterocycles. The number of benzene rings is 2. The Morgan fingerprint density at radius 1 is 1.26 bits per heavy atom. The Balaban J connectivity index is 1.65. The fraction of sp³-hybridized carbons (Fsp3) is 0.190. The smallest absolute Gasteiger partial charge is 0.266 e. The van der Waals surface area contributed by atoms with Crippen LogP contribution in [-0.4, -0.2) is 17.0 Å². The normalized spacial score (nSPS) is 11.4. The van der Waals surface area contributed by atoms with Crippen molar-refractivity contribution in [3.63, 3.8) is 0 Å². The third-order valence-corrected chi connectivity index (χ3v) is 4.83. The van der Waals surface area contributed by atoms with Crippen LogP contribution in [0.2, 0.25) is 0 Å². The second kappa shape index (κ2) is 8.47. The van der Waals surface area contributed by atoms with Gasteiger partial charge < -0.3 is 4.74 Å². The molecule has 0 saturated heterocycles. The maximum absolute atomic E-state index is 12.4. The van der Waals surface area contributed by atoms with Crippen LogP contribution in [0.1, 0.15) is 25.0 Å². The lowest BCUT2D eigenvalue weighted by Gasteiger charge is -2.14. The zero-order valence-corrected chi connectivity index (χ0v) is 15.9. The average molecular weight is 377 g/mol. The summed E-state index contributed by atoms with van der Waals surface area (Å²) >= 11 is 1.36. The summed E-state index contributed by atoms with van der Waals surface area (Å²) in [6.07, 6.45) is 0.238. The highest BCUT2D eigenvalue weighted by molar-refractivity contribution is 7.14. The number of rotatable bonds is 6. The number of amides is 1. The molecule has 0 bridgehead atoms. The Kier molecular flexibility index (Phi) is 5.84. The van der Waals surface area contributed by atoms with Crippen molar-refractivity contribution in [3.8, 4) is 23.1 Å². The van der Waals surface area contributed by atoms with Crippen LogP contribution in [-0.2, 0) is 11.2 Å². The minimum Gasteiger partial charge on any atom is -0.480 e. The lowest BCUT2D eigenvalue weighted by Crippen LogP contribution is -2.30. The molecule has 1 N–H and O–H groups in total. The monoisotopic (exact) mass is 377 g/mol. The van der Waals surface area contributed by atoms with Crippen molar-refractivity contribution >= 4 is 22.4 Å². The molecule has 5 nitrogen and oxygen atoms in total. The van der Waals surface area contributed by atoms with E-state index in [2.05, 4.69) is 35.4 Å². The molecule has 2 aromatic carbocycles. The summed E-state index contributed by atoms with van der Waals surface area (Å²) < 4.78 is 5.63. The second-order valence-electron chi connectivity index (χ2n) is 5.95. The van der Waals surface area contributed by atoms with Gasteiger partial charge >= 0.3 is 0 Å². The van der Waals surface area contributed by atoms with Gasteiger partial charge in [-0.05, 0) is 31.0 Å². The van der Waals surface area contributed by atoms with Gasteiger partial charge in [-0.1, -0.05) is 43.3 Å². The van der Waals surface area contributed by atoms with Crippen LogP contribution in [0.5, 0.6) is 5.75 Å². The molecule has 1 aromatic heterocycles. The highest BCUT2D eigenvalue weighted by Crippen LogP contribution is 2.26. The van der Waals surface area contributed by atoms with E-state index in [9.17, 15) is 4.79 Å². The number of carbonyl (C=O) groups is 1. The van der Waals surface area contributed by atoms with Crippen LogP contribution in [0.15, 0.2) is 53.9 Å². The summed E-state index contributed by atoms with van der Waals surface area (Å²) in [5.74, 6) is 0.0727. The molecule has 1 amide bonds. The number of aromatic nitrogens is 1. The highest BCUT2D eigenvalue weighted by atomic mass is 32.1. The molecule has 0 aliphatic carbocycles. The molecule has 1 heterocycles. The van der Waals surface area contributed by atoms with Gasteiger partial charge in [0, 0.05) is 10.9 Å². The first-order valence-corrected chi connectivity index (χ1v) is 9.50. The standard InChI is InChI=1S/C21H19N3O2S/c1-3-15-8-10-16(11-9-15)18-13-27-21(23-18)24-20(25)14(2)26-19-7-5-4-6-17(19)12-22/h4-11,13-14H,3H2,1-2H3,(H,23,24,25)/t14-/m0/s1. The van der Waals surface area contributed by atoms with Crippen molar-refractivity contribution in [2.24, 2.45) is 0 Å². The Bertz CT molecular complexity index is 974. The Morgan fingerprint density at radius 3 is 2.70 bits per heavy atom. The molecule has 136 valence electrons. The number of aryl methyl sites for hydroxylation is 1. The maximum Gasteiger partial charge on any atom is 0.266 e. The zero-order valence-electron chi connectivity index (χ0n) is 15.1. The van der Waals surface area contributed by atoms with Gasteiger partial charge in [-0.25, -0.2) is 4.98 Å². The summed E-state index contributed by atoms with van der Waals surface area (Å²) in [6, 6.07) is 17.1. The molecule has 0 aliphatic rings. The van der Waals surface area contributed by atoms with Gasteiger partial charge in [0.05, 0.1) is 11.3 Å². The van der Waals surface area contributed by atoms with Crippen LogP contribution in [0.25, 0.3) is 11.3 Å². The fourth-order valence-corrected chi connectivity index (χ4v) is 3.21. The topological polar surface area (TPSA) is 75.0 Å². The van der Waals surface area contributed by atoms with Gasteiger partial charge in [0.1, 0.15) is 11.8 Å². The molecule has 0 radical (unpaired) electrons. The van der Waals surface area contributed by atoms with Crippen molar-refractivity contribution in [2.45, 2.75) is 26.4 Å². The van der Waals surface area contributed by atoms with E-state index in [1.165, 1.54) is 16.9 Å². The number of ether oxygens (including phenoxy) is 1. The molecule has 0 unspecified atom stereocenters. The van der Waals surface area contributed by atoms with Crippen molar-refractivity contribution in [1.29, 1.82) is 5.26 Å². The van der Waals surface area contributed by atoms with Crippen LogP contribution in [0.4, 0.5) is 5.13 Å². The van der Waals surface area contributed by atoms with Gasteiger partial charge in [-0.2, -0.15) is 5.26 Å². The number of nitrogens with zero attached hydrogens (tertiary/aromatic N) is 2. The third kappa shape index (κ3) is 4.52. The molecule has 6 heteroatoms. The first-order valence-electron chi connectivity index (χ1n) is 8.62. The van der Waals surface area contributed by atoms with Crippen LogP contribution < -0.4 is 10.1 Å². The lowest BCUT2D eigenvalue weighted by atomic mass is 10.1. The molecule has 3 aromatic rings. The minimum absolute atomic E-state index is 0.315. The predicted molar refractivity (Wildman–Crippen MR) is 107 cm³/mol. The average Bonchev–Trinajstić information content (AvgIpc) is 3.16. The molecular formula is C21H19N3O2S. The van der Waals surface area contributed by atoms with Gasteiger partial charge in [-0.3, -0.25) is 10.1 Å². The molecule has 27 heavy (non-hydrogen) atoms. The maximum atomic E-state index is 12.4. The van der Waals surface area contributed by atoms with Gasteiger partial charge in [0.2, 0.25) is 0 Å². The summed E-state index contributed by atoms with van der Waals surface area (Å²) in [5.41, 5.74) is 3.49. The minimum atomic E-state index is -0.754. The highest BCUT2D eigenvalue weighted by Gasteiger charge is 2.18. The first kappa shape index (κ1) is 18.6. The predicted octanol–water partition coefficient (Wildman–Crippen LogP) is 4.65. The zero-order chi connectivity index (χ0) is 19.2. The number of nitrogens with one attached hydrogen (secondary N) is 1. The number of carbonyl (C=O) groups excluding carboxylic acids is 1. The van der Waals surface area contributed by atoms with E-state index in [0.29, 0.717) is 16.4 Å². The van der Waals surface area contributed by atoms with Crippen molar-refractivity contribution in [2.75, 3.05) is 5.32 Å². The van der Waals surface area contributed by atoms with Crippen LogP contribution >= 0.6 is 11.3 Å². The molecule has 0 spiro atoms. The quantitative estimate of drug-likeness (QED) is 0.678. The van der Waals surface area contributed by atoms with Crippen LogP contribution in [0.3, 0.4) is 0 Å². The fourth-order valence-electron chi connectivity index (χ4n) is 2.49. The Labute approximate surface area is 162 Å². The lowest BCUT2D eigenvalue weighted by molar-refractivity contribution is -0.122. The molecule has 0 fully saturated rings. The van der Waals surface area contributed by atoms with Crippen LogP contribution in [0, 0.1) is 11.3 Å². The van der Waals surface area contributed by atoms with E-state index < -0.39 is 6.10 Å². The van der Waals surface area contributed by atoms with E-state index in [-0.39, 0.29) is 5.91 Å². The number of nitriles is 1. The molecular weight excluding hydrogens is 358 g/mol. The van der Waals surface area contributed by atoms with E-state index in [4.69, 9.17) is 10.00 Å². The van der Waals surface area contributed by atoms with Gasteiger partial charge in [-0.15, -0.1) is 11.3 Å². The van der Waals surface area contributed by atoms with Gasteiger partial charge in [0.25, 0.3) is 5.91 Å². The third-order valence-electron chi connectivity index (χ3n) is 4.07. The van der Waals surface area contributed by atoms with Crippen molar-refractivity contribution in [3.05, 3.63) is 65.0 Å². The number of hydrogen-bond acceptors (Lipinski definition) is 5. The van der Waals surface area contributed by atoms with E-state index in [0.717, 1.165) is 17.7 Å². The largest absolute Gasteiger partial charge is 0.480 e. The summed E-state index contributed by atoms with van der Waals surface area (Å²) in [6.45, 7) is 3.76. The Hall–Kier alpha value is -3.17. The molecule has 0 saturated carbocycles. The Morgan fingerprint density at radius 2 is 2.00 bits per heavy atom. The summed E-state index contributed by atoms with van der Waals surface area (Å²) in [7, 11) is 0. The summed E-state index contributed by atoms with van der Waals surface area (Å²) in [4.78, 5) is 16.9. The van der Waals surface area contributed by atoms with E-state index >= 15 is 0 Å². The molecule has 3 rings (SSSR count). The van der Waals surface area contributed by atoms with E-state index in [1.54, 1.807) is 31.2 Å². The van der Waals surface area contributed by atoms with Gasteiger partial charge in [0.15, 0.2) is 11.2 Å². The van der Waals surface area contributed by atoms with E-state index in [1.807, 2.05) is 17.5 Å². The SMILES string of the molecule is CCc1ccc(-c2csc(NC(=O)[C@H](C)Oc3ccccc3C#N)n2)cc1. The second-order valence-corrected chi connectivity index (χ2v) is 6.80. The number of thiazole rings is 1. The number of para-hydroxylation sites is 1. The number of anilines is 1. The summed E-state index contributed by atoms with van der Waals surface area (Å²) in [5, 5.41) is 14.3. The van der Waals surface area contributed by atoms with Crippen molar-refractivity contribution in [1.82, 2.24) is 4.98 Å². The van der Waals surface area contributed by atoms with Crippen molar-refractivity contribution < 1.29 is 9.53 Å². The number of hydrogen-bond donors (Lipinski definition) is 1. The molecule has 1 atom stereocenters. The first-order chi connectivity index (χ1) is 13.1.